The standard InChI is InChI=1S/C25H26N2O4S/c26-32(29,22-6-3-7-22)23-10-8-18(9-11-23)16-31-25-17-30-21(12-24(25)28)15-27-13-19-4-1-2-5-20(19)14-27/h1-2,4-5,8-12,17,22,26H,3,6-7,13-16H2. The van der Waals surface area contributed by atoms with Crippen LogP contribution in [0.3, 0.4) is 0 Å². The number of hydrogen-bond donors (Lipinski definition) is 1. The Balaban J connectivity index is 1.19. The van der Waals surface area contributed by atoms with Gasteiger partial charge in [-0.15, -0.1) is 0 Å². The lowest BCUT2D eigenvalue weighted by atomic mass is 10.00. The topological polar surface area (TPSA) is 83.6 Å². The highest BCUT2D eigenvalue weighted by molar-refractivity contribution is 7.93. The third-order valence-corrected chi connectivity index (χ3v) is 8.71. The molecular weight excluding hydrogens is 424 g/mol. The maximum atomic E-state index is 12.7. The van der Waals surface area contributed by atoms with Crippen molar-refractivity contribution in [1.82, 2.24) is 4.90 Å². The molecule has 7 heteroatoms. The maximum absolute atomic E-state index is 12.7. The quantitative estimate of drug-likeness (QED) is 0.564. The number of nitrogens with one attached hydrogen (secondary N) is 1. The number of hydrogen-bond acceptors (Lipinski definition) is 6. The fourth-order valence-corrected chi connectivity index (χ4v) is 6.13. The van der Waals surface area contributed by atoms with E-state index in [1.165, 1.54) is 23.5 Å². The predicted molar refractivity (Wildman–Crippen MR) is 122 cm³/mol. The Kier molecular flexibility index (Phi) is 5.61. The van der Waals surface area contributed by atoms with Crippen molar-refractivity contribution in [1.29, 1.82) is 4.78 Å². The molecule has 32 heavy (non-hydrogen) atoms. The molecule has 1 aromatic heterocycles. The molecule has 1 atom stereocenters. The number of nitrogens with zero attached hydrogens (tertiary/aromatic N) is 1. The fraction of sp³-hybridized carbons (Fsp3) is 0.320. The molecule has 0 spiro atoms. The molecule has 1 N–H and O–H groups in total. The number of benzene rings is 2. The van der Waals surface area contributed by atoms with E-state index in [2.05, 4.69) is 17.0 Å². The lowest BCUT2D eigenvalue weighted by molar-refractivity contribution is 0.241. The summed E-state index contributed by atoms with van der Waals surface area (Å²) in [6.45, 7) is 2.46. The summed E-state index contributed by atoms with van der Waals surface area (Å²) in [6, 6.07) is 16.9. The molecule has 2 aromatic carbocycles. The lowest BCUT2D eigenvalue weighted by Crippen LogP contribution is -2.27. The van der Waals surface area contributed by atoms with Crippen LogP contribution in [0.1, 0.15) is 41.7 Å². The highest BCUT2D eigenvalue weighted by atomic mass is 32.2. The van der Waals surface area contributed by atoms with Gasteiger partial charge in [0.05, 0.1) is 16.3 Å². The third kappa shape index (κ3) is 4.23. The van der Waals surface area contributed by atoms with Gasteiger partial charge in [0.15, 0.2) is 0 Å². The van der Waals surface area contributed by atoms with Crippen LogP contribution in [-0.4, -0.2) is 14.4 Å². The van der Waals surface area contributed by atoms with Gasteiger partial charge in [0.2, 0.25) is 11.2 Å². The van der Waals surface area contributed by atoms with Crippen LogP contribution in [-0.2, 0) is 36.0 Å². The van der Waals surface area contributed by atoms with E-state index in [4.69, 9.17) is 13.9 Å². The number of rotatable bonds is 7. The van der Waals surface area contributed by atoms with Crippen LogP contribution in [0.25, 0.3) is 0 Å². The van der Waals surface area contributed by atoms with E-state index in [9.17, 15) is 9.00 Å². The lowest BCUT2D eigenvalue weighted by Gasteiger charge is -2.27. The first-order chi connectivity index (χ1) is 15.5. The summed E-state index contributed by atoms with van der Waals surface area (Å²) in [7, 11) is -2.73. The molecule has 2 aliphatic rings. The fourth-order valence-electron chi connectivity index (χ4n) is 4.21. The van der Waals surface area contributed by atoms with Gasteiger partial charge in [0.1, 0.15) is 18.6 Å². The zero-order chi connectivity index (χ0) is 22.1. The largest absolute Gasteiger partial charge is 0.482 e. The van der Waals surface area contributed by atoms with Crippen LogP contribution in [0.5, 0.6) is 5.75 Å². The van der Waals surface area contributed by atoms with Gasteiger partial charge in [-0.1, -0.05) is 42.8 Å². The summed E-state index contributed by atoms with van der Waals surface area (Å²) in [5.41, 5.74) is 3.26. The van der Waals surface area contributed by atoms with Crippen molar-refractivity contribution in [3.63, 3.8) is 0 Å². The van der Waals surface area contributed by atoms with Crippen LogP contribution in [0.2, 0.25) is 0 Å². The zero-order valence-electron chi connectivity index (χ0n) is 17.8. The number of fused-ring (bicyclic) bond motifs is 1. The van der Waals surface area contributed by atoms with E-state index in [0.29, 0.717) is 17.2 Å². The predicted octanol–water partition coefficient (Wildman–Crippen LogP) is 4.69. The molecule has 0 radical (unpaired) electrons. The van der Waals surface area contributed by atoms with E-state index in [0.717, 1.165) is 37.9 Å². The second kappa shape index (κ2) is 8.56. The average Bonchev–Trinajstić information content (AvgIpc) is 3.14. The Morgan fingerprint density at radius 2 is 1.75 bits per heavy atom. The Labute approximate surface area is 187 Å². The van der Waals surface area contributed by atoms with E-state index < -0.39 is 9.73 Å². The molecule has 5 rings (SSSR count). The van der Waals surface area contributed by atoms with Crippen molar-refractivity contribution in [3.05, 3.63) is 93.5 Å². The second-order valence-electron chi connectivity index (χ2n) is 8.57. The molecule has 1 unspecified atom stereocenters. The maximum Gasteiger partial charge on any atom is 0.227 e. The van der Waals surface area contributed by atoms with Crippen LogP contribution in [0.15, 0.2) is 75.0 Å². The van der Waals surface area contributed by atoms with Crippen molar-refractivity contribution in [2.45, 2.75) is 55.6 Å². The summed E-state index contributed by atoms with van der Waals surface area (Å²) in [6.07, 6.45) is 4.16. The van der Waals surface area contributed by atoms with E-state index in [1.807, 2.05) is 24.3 Å². The van der Waals surface area contributed by atoms with Gasteiger partial charge >= 0.3 is 0 Å². The van der Waals surface area contributed by atoms with Crippen molar-refractivity contribution >= 4 is 9.73 Å². The van der Waals surface area contributed by atoms with Gasteiger partial charge in [0, 0.05) is 29.3 Å². The molecule has 2 heterocycles. The Morgan fingerprint density at radius 3 is 2.34 bits per heavy atom. The molecule has 166 valence electrons. The first kappa shape index (κ1) is 21.0. The first-order valence-electron chi connectivity index (χ1n) is 10.9. The van der Waals surface area contributed by atoms with Gasteiger partial charge in [-0.2, -0.15) is 0 Å². The average molecular weight is 451 g/mol. The second-order valence-corrected chi connectivity index (χ2v) is 10.9. The van der Waals surface area contributed by atoms with Crippen LogP contribution >= 0.6 is 0 Å². The molecule has 1 aliphatic carbocycles. The van der Waals surface area contributed by atoms with E-state index in [1.54, 1.807) is 12.1 Å². The SMILES string of the molecule is N=S(=O)(c1ccc(COc2coc(CN3Cc4ccccc4C3)cc2=O)cc1)C1CCC1. The molecule has 3 aromatic rings. The highest BCUT2D eigenvalue weighted by Gasteiger charge is 2.29. The molecular formula is C25H26N2O4S. The van der Waals surface area contributed by atoms with Gasteiger partial charge in [0.25, 0.3) is 0 Å². The zero-order valence-corrected chi connectivity index (χ0v) is 18.6. The van der Waals surface area contributed by atoms with Gasteiger partial charge in [-0.3, -0.25) is 9.69 Å². The van der Waals surface area contributed by atoms with Crippen LogP contribution in [0.4, 0.5) is 0 Å². The minimum atomic E-state index is -2.73. The van der Waals surface area contributed by atoms with E-state index in [-0.39, 0.29) is 23.0 Å². The van der Waals surface area contributed by atoms with Gasteiger partial charge in [-0.25, -0.2) is 8.99 Å². The molecule has 1 fully saturated rings. The van der Waals surface area contributed by atoms with Crippen molar-refractivity contribution in [3.8, 4) is 5.75 Å². The Bertz CT molecular complexity index is 1250. The smallest absolute Gasteiger partial charge is 0.227 e. The van der Waals surface area contributed by atoms with Gasteiger partial charge < -0.3 is 9.15 Å². The summed E-state index contributed by atoms with van der Waals surface area (Å²) in [5, 5.41) is -0.0255. The van der Waals surface area contributed by atoms with Crippen LogP contribution in [0, 0.1) is 4.78 Å². The molecule has 0 bridgehead atoms. The monoisotopic (exact) mass is 450 g/mol. The Morgan fingerprint density at radius 1 is 1.06 bits per heavy atom. The first-order valence-corrected chi connectivity index (χ1v) is 12.5. The molecule has 1 saturated carbocycles. The Hall–Kier alpha value is -2.90. The minimum Gasteiger partial charge on any atom is -0.482 e. The summed E-state index contributed by atoms with van der Waals surface area (Å²) >= 11 is 0. The third-order valence-electron chi connectivity index (χ3n) is 6.33. The van der Waals surface area contributed by atoms with E-state index >= 15 is 0 Å². The van der Waals surface area contributed by atoms with Crippen molar-refractivity contribution in [2.24, 2.45) is 0 Å². The molecule has 6 nitrogen and oxygen atoms in total. The molecule has 1 aliphatic heterocycles. The summed E-state index contributed by atoms with van der Waals surface area (Å²) < 4.78 is 32.3. The summed E-state index contributed by atoms with van der Waals surface area (Å²) in [4.78, 5) is 15.3. The number of ether oxygens (including phenoxy) is 1. The summed E-state index contributed by atoms with van der Waals surface area (Å²) in [5.74, 6) is 0.780. The minimum absolute atomic E-state index is 0.0255. The van der Waals surface area contributed by atoms with Crippen molar-refractivity contribution in [2.75, 3.05) is 0 Å². The molecule has 0 amide bonds. The van der Waals surface area contributed by atoms with Gasteiger partial charge in [-0.05, 0) is 41.7 Å². The van der Waals surface area contributed by atoms with Crippen LogP contribution < -0.4 is 10.2 Å². The van der Waals surface area contributed by atoms with Crippen molar-refractivity contribution < 1.29 is 13.4 Å². The highest BCUT2D eigenvalue weighted by Crippen LogP contribution is 2.31. The normalized spacial score (nSPS) is 18.0. The molecule has 0 saturated heterocycles.